The number of Topliss-reactive ketones (excluding diaryl/α,β-unsaturated/α-hetero) is 1. The maximum Gasteiger partial charge on any atom is 0.172 e. The van der Waals surface area contributed by atoms with Crippen LogP contribution in [0.1, 0.15) is 39.9 Å². The highest BCUT2D eigenvalue weighted by Gasteiger charge is 2.15. The third-order valence-electron chi connectivity index (χ3n) is 2.49. The molecule has 0 aliphatic carbocycles. The van der Waals surface area contributed by atoms with Gasteiger partial charge in [0.1, 0.15) is 0 Å². The molecule has 0 unspecified atom stereocenters. The van der Waals surface area contributed by atoms with E-state index in [4.69, 9.17) is 0 Å². The smallest absolute Gasteiger partial charge is 0.172 e. The van der Waals surface area contributed by atoms with Crippen LogP contribution in [0.25, 0.3) is 0 Å². The molecule has 1 aliphatic heterocycles. The van der Waals surface area contributed by atoms with Crippen LogP contribution in [-0.4, -0.2) is 12.3 Å². The number of carbonyl (C=O) groups is 1. The van der Waals surface area contributed by atoms with Crippen LogP contribution in [0.3, 0.4) is 0 Å². The largest absolute Gasteiger partial charge is 0.312 e. The molecule has 0 radical (unpaired) electrons. The van der Waals surface area contributed by atoms with E-state index < -0.39 is 0 Å². The van der Waals surface area contributed by atoms with Crippen molar-refractivity contribution < 1.29 is 4.79 Å². The molecule has 1 aliphatic rings. The maximum atomic E-state index is 11.7. The van der Waals surface area contributed by atoms with Crippen LogP contribution in [0, 0.1) is 0 Å². The summed E-state index contributed by atoms with van der Waals surface area (Å²) in [5.74, 6) is 0.312. The van der Waals surface area contributed by atoms with E-state index in [0.717, 1.165) is 30.8 Å². The summed E-state index contributed by atoms with van der Waals surface area (Å²) in [5.41, 5.74) is 1.33. The van der Waals surface area contributed by atoms with Crippen molar-refractivity contribution in [2.24, 2.45) is 0 Å². The molecule has 0 amide bonds. The quantitative estimate of drug-likeness (QED) is 0.774. The SMILES string of the molecule is CCCC(=O)c1cc2c(s1)CCNC2. The Morgan fingerprint density at radius 1 is 1.64 bits per heavy atom. The molecule has 2 nitrogen and oxygen atoms in total. The van der Waals surface area contributed by atoms with E-state index in [9.17, 15) is 4.79 Å². The first-order valence-corrected chi connectivity index (χ1v) is 5.98. The standard InChI is InChI=1S/C11H15NOS/c1-2-3-9(13)11-6-8-7-12-5-4-10(8)14-11/h6,12H,2-5,7H2,1H3. The lowest BCUT2D eigenvalue weighted by atomic mass is 10.1. The lowest BCUT2D eigenvalue weighted by molar-refractivity contribution is 0.0985. The molecule has 0 saturated carbocycles. The summed E-state index contributed by atoms with van der Waals surface area (Å²) in [6, 6.07) is 2.07. The second kappa shape index (κ2) is 4.24. The van der Waals surface area contributed by atoms with Gasteiger partial charge in [0.05, 0.1) is 4.88 Å². The molecule has 1 N–H and O–H groups in total. The molecule has 0 aromatic carbocycles. The van der Waals surface area contributed by atoms with Crippen molar-refractivity contribution >= 4 is 17.1 Å². The van der Waals surface area contributed by atoms with Gasteiger partial charge >= 0.3 is 0 Å². The average molecular weight is 209 g/mol. The lowest BCUT2D eigenvalue weighted by Crippen LogP contribution is -2.21. The summed E-state index contributed by atoms with van der Waals surface area (Å²) in [6.07, 6.45) is 2.71. The number of carbonyl (C=O) groups excluding carboxylic acids is 1. The third kappa shape index (κ3) is 1.88. The van der Waals surface area contributed by atoms with Gasteiger partial charge in [0, 0.05) is 24.4 Å². The van der Waals surface area contributed by atoms with Crippen molar-refractivity contribution in [2.75, 3.05) is 6.54 Å². The molecule has 0 spiro atoms. The average Bonchev–Trinajstić information content (AvgIpc) is 2.61. The highest BCUT2D eigenvalue weighted by molar-refractivity contribution is 7.14. The zero-order valence-corrected chi connectivity index (χ0v) is 9.25. The summed E-state index contributed by atoms with van der Waals surface area (Å²) in [7, 11) is 0. The van der Waals surface area contributed by atoms with Gasteiger partial charge in [-0.25, -0.2) is 0 Å². The van der Waals surface area contributed by atoms with E-state index in [-0.39, 0.29) is 0 Å². The number of rotatable bonds is 3. The molecular weight excluding hydrogens is 194 g/mol. The first kappa shape index (κ1) is 9.87. The van der Waals surface area contributed by atoms with Crippen molar-refractivity contribution in [3.63, 3.8) is 0 Å². The van der Waals surface area contributed by atoms with Gasteiger partial charge < -0.3 is 5.32 Å². The van der Waals surface area contributed by atoms with E-state index in [0.29, 0.717) is 12.2 Å². The van der Waals surface area contributed by atoms with Crippen LogP contribution in [0.4, 0.5) is 0 Å². The van der Waals surface area contributed by atoms with Gasteiger partial charge in [0.25, 0.3) is 0 Å². The van der Waals surface area contributed by atoms with Gasteiger partial charge in [-0.05, 0) is 24.5 Å². The second-order valence-corrected chi connectivity index (χ2v) is 4.80. The van der Waals surface area contributed by atoms with E-state index in [1.54, 1.807) is 11.3 Å². The number of fused-ring (bicyclic) bond motifs is 1. The molecule has 3 heteroatoms. The number of hydrogen-bond donors (Lipinski definition) is 1. The van der Waals surface area contributed by atoms with Crippen LogP contribution < -0.4 is 5.32 Å². The first-order valence-electron chi connectivity index (χ1n) is 5.16. The fraction of sp³-hybridized carbons (Fsp3) is 0.545. The van der Waals surface area contributed by atoms with Crippen molar-refractivity contribution in [3.8, 4) is 0 Å². The molecule has 1 aromatic rings. The molecule has 0 saturated heterocycles. The van der Waals surface area contributed by atoms with Gasteiger partial charge in [-0.3, -0.25) is 4.79 Å². The van der Waals surface area contributed by atoms with Crippen LogP contribution in [0.15, 0.2) is 6.07 Å². The monoisotopic (exact) mass is 209 g/mol. The number of nitrogens with one attached hydrogen (secondary N) is 1. The Morgan fingerprint density at radius 2 is 2.50 bits per heavy atom. The summed E-state index contributed by atoms with van der Waals surface area (Å²) < 4.78 is 0. The molecule has 76 valence electrons. The Labute approximate surface area is 88.3 Å². The maximum absolute atomic E-state index is 11.7. The summed E-state index contributed by atoms with van der Waals surface area (Å²) in [5, 5.41) is 3.32. The van der Waals surface area contributed by atoms with E-state index in [2.05, 4.69) is 11.4 Å². The van der Waals surface area contributed by atoms with Crippen molar-refractivity contribution in [3.05, 3.63) is 21.4 Å². The molecule has 1 aromatic heterocycles. The van der Waals surface area contributed by atoms with Crippen LogP contribution in [0.2, 0.25) is 0 Å². The summed E-state index contributed by atoms with van der Waals surface area (Å²) in [4.78, 5) is 14.0. The summed E-state index contributed by atoms with van der Waals surface area (Å²) >= 11 is 1.69. The summed E-state index contributed by atoms with van der Waals surface area (Å²) in [6.45, 7) is 4.03. The van der Waals surface area contributed by atoms with Gasteiger partial charge in [-0.2, -0.15) is 0 Å². The zero-order valence-electron chi connectivity index (χ0n) is 8.43. The fourth-order valence-electron chi connectivity index (χ4n) is 1.74. The topological polar surface area (TPSA) is 29.1 Å². The molecule has 0 atom stereocenters. The number of thiophene rings is 1. The first-order chi connectivity index (χ1) is 6.81. The van der Waals surface area contributed by atoms with Crippen molar-refractivity contribution in [2.45, 2.75) is 32.7 Å². The number of hydrogen-bond acceptors (Lipinski definition) is 3. The zero-order chi connectivity index (χ0) is 9.97. The van der Waals surface area contributed by atoms with Crippen LogP contribution in [-0.2, 0) is 13.0 Å². The van der Waals surface area contributed by atoms with Crippen molar-refractivity contribution in [1.29, 1.82) is 0 Å². The molecule has 0 fully saturated rings. The fourth-order valence-corrected chi connectivity index (χ4v) is 2.89. The molecule has 2 rings (SSSR count). The van der Waals surface area contributed by atoms with Gasteiger partial charge in [0.2, 0.25) is 0 Å². The molecule has 2 heterocycles. The highest BCUT2D eigenvalue weighted by Crippen LogP contribution is 2.26. The van der Waals surface area contributed by atoms with Crippen LogP contribution in [0.5, 0.6) is 0 Å². The Bertz CT molecular complexity index is 320. The van der Waals surface area contributed by atoms with Crippen molar-refractivity contribution in [1.82, 2.24) is 5.32 Å². The minimum absolute atomic E-state index is 0.312. The number of ketones is 1. The van der Waals surface area contributed by atoms with Crippen LogP contribution >= 0.6 is 11.3 Å². The normalized spacial score (nSPS) is 15.2. The Morgan fingerprint density at radius 3 is 3.21 bits per heavy atom. The lowest BCUT2D eigenvalue weighted by Gasteiger charge is -2.10. The van der Waals surface area contributed by atoms with E-state index in [1.807, 2.05) is 6.92 Å². The molecular formula is C11H15NOS. The highest BCUT2D eigenvalue weighted by atomic mass is 32.1. The second-order valence-electron chi connectivity index (χ2n) is 3.66. The van der Waals surface area contributed by atoms with Gasteiger partial charge in [-0.15, -0.1) is 11.3 Å². The minimum atomic E-state index is 0.312. The minimum Gasteiger partial charge on any atom is -0.312 e. The van der Waals surface area contributed by atoms with Gasteiger partial charge in [0.15, 0.2) is 5.78 Å². The Hall–Kier alpha value is -0.670. The Balaban J connectivity index is 2.19. The predicted molar refractivity (Wildman–Crippen MR) is 59.0 cm³/mol. The Kier molecular flexibility index (Phi) is 2.99. The third-order valence-corrected chi connectivity index (χ3v) is 3.77. The van der Waals surface area contributed by atoms with E-state index in [1.165, 1.54) is 10.4 Å². The molecule has 0 bridgehead atoms. The van der Waals surface area contributed by atoms with Gasteiger partial charge in [-0.1, -0.05) is 6.92 Å². The predicted octanol–water partition coefficient (Wildman–Crippen LogP) is 2.38. The molecule has 14 heavy (non-hydrogen) atoms. The van der Waals surface area contributed by atoms with E-state index >= 15 is 0 Å².